The summed E-state index contributed by atoms with van der Waals surface area (Å²) in [5.74, 6) is -0.735. The lowest BCUT2D eigenvalue weighted by atomic mass is 10.0. The summed E-state index contributed by atoms with van der Waals surface area (Å²) < 4.78 is 79.7. The van der Waals surface area contributed by atoms with Crippen LogP contribution in [0.2, 0.25) is 0 Å². The van der Waals surface area contributed by atoms with Gasteiger partial charge in [-0.3, -0.25) is 49.0 Å². The van der Waals surface area contributed by atoms with E-state index in [1.807, 2.05) is 86.4 Å². The minimum Gasteiger partial charge on any atom is -0.472 e. The molecule has 7 aliphatic heterocycles. The van der Waals surface area contributed by atoms with Crippen LogP contribution in [-0.4, -0.2) is 414 Å². The van der Waals surface area contributed by atoms with Gasteiger partial charge in [0.05, 0.1) is 89.0 Å². The number of aliphatic hydroxyl groups excluding tert-OH is 1. The topological polar surface area (TPSA) is 160 Å². The normalized spacial score (nSPS) is 21.1. The Bertz CT molecular complexity index is 2980. The molecule has 0 radical (unpaired) electrons. The number of aromatic nitrogens is 1. The maximum absolute atomic E-state index is 13.2. The number of ether oxygens (including phenoxy) is 7. The molecule has 8 rings (SSSR count). The van der Waals surface area contributed by atoms with E-state index >= 15 is 0 Å². The SMILES string of the molecule is CC(C)(C)OC1CN(CCN2CCN(C(C)(C)C)CC2)C1.CC(C)(C)OCC(CN1CCN(C(C)(C)C)CC1)C(F)(F)F.CC(C)(C)OCC(O)CN1CCN(C(C)(C)C)CC1.CC(C)(C)OCCCN1CCN(C(C)(C)C)CC1.CC(C)(C)OCCCN1CCN(c2ccc(OC(C)(C)C)nc2)CC1.CC(O)(COC(C)(C)C)CN1CCN(C(C)(C)C)CC1. The van der Waals surface area contributed by atoms with Crippen molar-refractivity contribution in [2.24, 2.45) is 5.92 Å². The number of halogens is 3. The molecule has 7 saturated heterocycles. The van der Waals surface area contributed by atoms with Crippen LogP contribution < -0.4 is 9.64 Å². The highest BCUT2D eigenvalue weighted by molar-refractivity contribution is 5.46. The molecule has 2 N–H and O–H groups in total. The molecule has 1 aromatic heterocycles. The smallest absolute Gasteiger partial charge is 0.395 e. The molecule has 740 valence electrons. The fourth-order valence-electron chi connectivity index (χ4n) is 15.6. The fraction of sp³-hybridized carbons (Fsp3) is 0.949. The van der Waals surface area contributed by atoms with Gasteiger partial charge < -0.3 is 58.1 Å². The molecule has 0 spiro atoms. The van der Waals surface area contributed by atoms with E-state index in [1.54, 1.807) is 20.8 Å². The zero-order valence-electron chi connectivity index (χ0n) is 87.9. The van der Waals surface area contributed by atoms with E-state index < -0.39 is 23.3 Å². The predicted octanol–water partition coefficient (Wildman–Crippen LogP) is 15.0. The second kappa shape index (κ2) is 50.9. The van der Waals surface area contributed by atoms with Crippen LogP contribution in [0.5, 0.6) is 5.88 Å². The first-order chi connectivity index (χ1) is 56.7. The van der Waals surface area contributed by atoms with Crippen molar-refractivity contribution in [2.75, 3.05) is 254 Å². The van der Waals surface area contributed by atoms with Crippen molar-refractivity contribution in [3.63, 3.8) is 0 Å². The minimum absolute atomic E-state index is 0.0000407. The van der Waals surface area contributed by atoms with Gasteiger partial charge >= 0.3 is 6.18 Å². The number of pyridine rings is 1. The van der Waals surface area contributed by atoms with Crippen LogP contribution in [-0.2, 0) is 28.4 Å². The molecule has 0 saturated carbocycles. The monoisotopic (exact) mass is 1790 g/mol. The summed E-state index contributed by atoms with van der Waals surface area (Å²) in [4.78, 5) is 36.1. The van der Waals surface area contributed by atoms with Gasteiger partial charge in [0.1, 0.15) is 5.60 Å². The molecule has 3 unspecified atom stereocenters. The Labute approximate surface area is 766 Å². The zero-order valence-corrected chi connectivity index (χ0v) is 87.9. The number of aliphatic hydroxyl groups is 2. The van der Waals surface area contributed by atoms with E-state index in [-0.39, 0.29) is 69.5 Å². The molecule has 0 bridgehead atoms. The quantitative estimate of drug-likeness (QED) is 0.0842. The highest BCUT2D eigenvalue weighted by atomic mass is 19.4. The first-order valence-corrected chi connectivity index (χ1v) is 48.3. The third kappa shape index (κ3) is 54.6. The fourth-order valence-corrected chi connectivity index (χ4v) is 15.6. The van der Waals surface area contributed by atoms with Crippen LogP contribution in [0.3, 0.4) is 0 Å². The third-order valence-electron chi connectivity index (χ3n) is 23.2. The number of rotatable bonds is 26. The van der Waals surface area contributed by atoms with Crippen LogP contribution in [0.15, 0.2) is 18.3 Å². The average Bonchev–Trinajstić information content (AvgIpc) is 0.862. The van der Waals surface area contributed by atoms with Gasteiger partial charge in [-0.1, -0.05) is 0 Å². The van der Waals surface area contributed by atoms with Crippen LogP contribution in [0.4, 0.5) is 18.9 Å². The molecule has 7 fully saturated rings. The number of hydrogen-bond acceptors (Lipinski definition) is 23. The number of alkyl halides is 3. The molecule has 0 aromatic carbocycles. The predicted molar refractivity (Wildman–Crippen MR) is 517 cm³/mol. The summed E-state index contributed by atoms with van der Waals surface area (Å²) >= 11 is 0. The summed E-state index contributed by atoms with van der Waals surface area (Å²) in [6.07, 6.45) is 0.00765. The second-order valence-electron chi connectivity index (χ2n) is 48.6. The third-order valence-corrected chi connectivity index (χ3v) is 23.2. The average molecular weight is 1790 g/mol. The van der Waals surface area contributed by atoms with Gasteiger partial charge in [0.15, 0.2) is 0 Å². The Kier molecular flexibility index (Phi) is 47.6. The van der Waals surface area contributed by atoms with Crippen molar-refractivity contribution in [2.45, 2.75) is 360 Å². The standard InChI is InChI=1S/C20H35N3O2.C17H35N3O.C16H31F3N2O.C16H34N2O2.C15H32N2O2.C15H32N2O/c1-19(2,3)24-15-7-10-22-11-13-23(14-12-22)17-8-9-18(21-16-17)25-20(4,5)6;1-16(2,3)20-11-9-18(10-12-20)7-8-19-13-15(14-19)21-17(4,5)6;1-14(2,3)21-9-7-20(8-10-21)11-13(16(17,18)19)12-22-15(4,5)6;1-14(2,3)18-10-8-17(9-11-18)12-16(7,19)13-20-15(4,5)6;1-14(2,3)17-9-7-16(8-10-17)11-13(18)12-19-15(4,5)6;1-14(2,3)17-11-9-16(10-12-17)8-7-13-18-15(4,5)6/h8-9,16H,7,10-15H2,1-6H3;15H,7-14H2,1-6H3;13H,7-12H2,1-6H3;19H,8-13H2,1-7H3;13,18H,7-12H2,1-6H3;7-13H2,1-6H3. The maximum Gasteiger partial charge on any atom is 0.395 e. The number of nitrogens with zero attached hydrogens (tertiary/aromatic N) is 14. The second-order valence-corrected chi connectivity index (χ2v) is 48.6. The van der Waals surface area contributed by atoms with Gasteiger partial charge in [-0.2, -0.15) is 13.2 Å². The highest BCUT2D eigenvalue weighted by Gasteiger charge is 2.43. The lowest BCUT2D eigenvalue weighted by Gasteiger charge is -2.45. The van der Waals surface area contributed by atoms with Gasteiger partial charge in [-0.05, 0) is 275 Å². The van der Waals surface area contributed by atoms with Crippen LogP contribution in [0.25, 0.3) is 0 Å². The van der Waals surface area contributed by atoms with E-state index in [0.29, 0.717) is 62.5 Å². The summed E-state index contributed by atoms with van der Waals surface area (Å²) in [6.45, 7) is 114. The summed E-state index contributed by atoms with van der Waals surface area (Å²) in [5.41, 5.74) is 0.442. The van der Waals surface area contributed by atoms with Gasteiger partial charge in [-0.15, -0.1) is 0 Å². The Morgan fingerprint density at radius 1 is 0.352 bits per heavy atom. The maximum atomic E-state index is 13.2. The molecule has 1 aromatic rings. The van der Waals surface area contributed by atoms with E-state index in [0.717, 1.165) is 137 Å². The molecule has 0 aliphatic carbocycles. The number of piperazine rings is 6. The molecule has 26 heteroatoms. The first-order valence-electron chi connectivity index (χ1n) is 48.3. The van der Waals surface area contributed by atoms with Gasteiger partial charge in [0.25, 0.3) is 0 Å². The summed E-state index contributed by atoms with van der Waals surface area (Å²) in [5, 5.41) is 20.5. The first kappa shape index (κ1) is 117. The molecular weight excluding hydrogens is 1590 g/mol. The lowest BCUT2D eigenvalue weighted by molar-refractivity contribution is -0.202. The Balaban J connectivity index is 0.000000388. The molecule has 23 nitrogen and oxygen atoms in total. The van der Waals surface area contributed by atoms with Crippen molar-refractivity contribution < 1.29 is 56.5 Å². The van der Waals surface area contributed by atoms with E-state index in [1.165, 1.54) is 77.7 Å². The Morgan fingerprint density at radius 2 is 0.672 bits per heavy atom. The number of anilines is 1. The lowest BCUT2D eigenvalue weighted by Crippen LogP contribution is -2.58. The van der Waals surface area contributed by atoms with Crippen molar-refractivity contribution in [3.05, 3.63) is 18.3 Å². The van der Waals surface area contributed by atoms with E-state index in [4.69, 9.17) is 33.2 Å². The minimum atomic E-state index is -4.22. The van der Waals surface area contributed by atoms with Crippen LogP contribution in [0.1, 0.15) is 269 Å². The molecule has 125 heavy (non-hydrogen) atoms. The number of β-amino-alcohol motifs (C(OH)–C–C–N with tert-alkyl or cyclic N) is 2. The van der Waals surface area contributed by atoms with Crippen molar-refractivity contribution in [1.82, 2.24) is 63.8 Å². The summed E-state index contributed by atoms with van der Waals surface area (Å²) in [7, 11) is 0. The molecule has 8 heterocycles. The largest absolute Gasteiger partial charge is 0.472 e. The number of hydrogen-bond donors (Lipinski definition) is 2. The molecule has 3 atom stereocenters. The van der Waals surface area contributed by atoms with Crippen LogP contribution in [0, 0.1) is 5.92 Å². The van der Waals surface area contributed by atoms with Crippen molar-refractivity contribution >= 4 is 5.69 Å². The van der Waals surface area contributed by atoms with E-state index in [2.05, 4.69) is 236 Å². The molecule has 7 aliphatic rings. The molecular formula is C99H199F3N14O9. The Hall–Kier alpha value is -2.26. The zero-order chi connectivity index (χ0) is 95.5. The van der Waals surface area contributed by atoms with Gasteiger partial charge in [-0.25, -0.2) is 4.98 Å². The van der Waals surface area contributed by atoms with E-state index in [9.17, 15) is 23.4 Å². The van der Waals surface area contributed by atoms with Crippen LogP contribution >= 0.6 is 0 Å². The molecule has 0 amide bonds. The van der Waals surface area contributed by atoms with Crippen molar-refractivity contribution in [3.8, 4) is 5.88 Å². The highest BCUT2D eigenvalue weighted by Crippen LogP contribution is 2.31. The van der Waals surface area contributed by atoms with Gasteiger partial charge in [0, 0.05) is 263 Å². The van der Waals surface area contributed by atoms with Gasteiger partial charge in [0.2, 0.25) is 5.88 Å². The number of likely N-dealkylation sites (tertiary alicyclic amines) is 1. The Morgan fingerprint density at radius 3 is 0.992 bits per heavy atom. The van der Waals surface area contributed by atoms with Crippen molar-refractivity contribution in [1.29, 1.82) is 0 Å². The summed E-state index contributed by atoms with van der Waals surface area (Å²) in [6, 6.07) is 4.08.